The summed E-state index contributed by atoms with van der Waals surface area (Å²) in [4.78, 5) is 38.0. The van der Waals surface area contributed by atoms with Gasteiger partial charge in [-0.3, -0.25) is 9.59 Å². The van der Waals surface area contributed by atoms with Crippen LogP contribution in [0.25, 0.3) is 11.3 Å². The van der Waals surface area contributed by atoms with E-state index < -0.39 is 29.9 Å². The number of carbonyl (C=O) groups excluding carboxylic acids is 3. The van der Waals surface area contributed by atoms with E-state index in [-0.39, 0.29) is 17.2 Å². The Labute approximate surface area is 258 Å². The Morgan fingerprint density at radius 2 is 1.70 bits per heavy atom. The van der Waals surface area contributed by atoms with Crippen LogP contribution in [0.4, 0.5) is 0 Å². The summed E-state index contributed by atoms with van der Waals surface area (Å²) < 4.78 is 16.5. The number of hydrogen-bond donors (Lipinski definition) is 2. The van der Waals surface area contributed by atoms with Crippen LogP contribution in [0.2, 0.25) is 10.0 Å². The highest BCUT2D eigenvalue weighted by atomic mass is 35.5. The molecule has 1 aromatic heterocycles. The van der Waals surface area contributed by atoms with Crippen molar-refractivity contribution in [2.45, 2.75) is 32.4 Å². The Morgan fingerprint density at radius 1 is 0.953 bits per heavy atom. The Bertz CT molecular complexity index is 1590. The van der Waals surface area contributed by atoms with Crippen LogP contribution in [0.3, 0.4) is 0 Å². The number of halogens is 2. The number of amides is 2. The molecule has 0 aliphatic rings. The fourth-order valence-electron chi connectivity index (χ4n) is 3.96. The van der Waals surface area contributed by atoms with Gasteiger partial charge in [0.25, 0.3) is 11.8 Å². The number of nitrogens with one attached hydrogen (secondary N) is 2. The van der Waals surface area contributed by atoms with Gasteiger partial charge in [-0.15, -0.1) is 0 Å². The van der Waals surface area contributed by atoms with Gasteiger partial charge in [-0.2, -0.15) is 5.10 Å². The quantitative estimate of drug-likeness (QED) is 0.112. The van der Waals surface area contributed by atoms with E-state index in [2.05, 4.69) is 15.8 Å². The zero-order valence-corrected chi connectivity index (χ0v) is 24.9. The van der Waals surface area contributed by atoms with E-state index in [1.807, 2.05) is 30.3 Å². The number of nitrogens with zero attached hydrogens (tertiary/aromatic N) is 1. The Balaban J connectivity index is 1.40. The SMILES string of the molecule is CCOC(=O)c1ccc(-c2ccc(/C=N\NC(=O)[C@@H](Cc3ccccc3)NC(=O)[C@H](C)Oc3ccc(Cl)cc3Cl)o2)cc1. The second-order valence-electron chi connectivity index (χ2n) is 9.32. The molecule has 0 saturated carbocycles. The van der Waals surface area contributed by atoms with Gasteiger partial charge in [0, 0.05) is 17.0 Å². The van der Waals surface area contributed by atoms with Gasteiger partial charge >= 0.3 is 5.97 Å². The number of esters is 1. The van der Waals surface area contributed by atoms with Crippen LogP contribution in [0.15, 0.2) is 94.4 Å². The van der Waals surface area contributed by atoms with Crippen molar-refractivity contribution in [3.8, 4) is 17.1 Å². The first-order chi connectivity index (χ1) is 20.7. The third-order valence-electron chi connectivity index (χ3n) is 6.16. The maximum absolute atomic E-state index is 13.1. The van der Waals surface area contributed by atoms with E-state index in [0.717, 1.165) is 11.1 Å². The van der Waals surface area contributed by atoms with Crippen molar-refractivity contribution in [3.63, 3.8) is 0 Å². The number of furan rings is 1. The van der Waals surface area contributed by atoms with Gasteiger partial charge in [0.2, 0.25) is 0 Å². The summed E-state index contributed by atoms with van der Waals surface area (Å²) in [5.41, 5.74) is 4.50. The molecule has 11 heteroatoms. The smallest absolute Gasteiger partial charge is 0.338 e. The zero-order valence-electron chi connectivity index (χ0n) is 23.4. The van der Waals surface area contributed by atoms with E-state index in [0.29, 0.717) is 28.7 Å². The fraction of sp³-hybridized carbons (Fsp3) is 0.188. The molecule has 0 saturated heterocycles. The summed E-state index contributed by atoms with van der Waals surface area (Å²) in [7, 11) is 0. The number of benzene rings is 3. The van der Waals surface area contributed by atoms with Crippen LogP contribution in [0, 0.1) is 0 Å². The first-order valence-electron chi connectivity index (χ1n) is 13.4. The summed E-state index contributed by atoms with van der Waals surface area (Å²) in [6.45, 7) is 3.59. The average Bonchev–Trinajstić information content (AvgIpc) is 3.47. The molecule has 0 bridgehead atoms. The average molecular weight is 623 g/mol. The molecule has 0 fully saturated rings. The van der Waals surface area contributed by atoms with E-state index in [9.17, 15) is 14.4 Å². The monoisotopic (exact) mass is 621 g/mol. The Morgan fingerprint density at radius 3 is 2.40 bits per heavy atom. The molecule has 0 unspecified atom stereocenters. The minimum absolute atomic E-state index is 0.217. The largest absolute Gasteiger partial charge is 0.479 e. The van der Waals surface area contributed by atoms with E-state index in [1.54, 1.807) is 62.4 Å². The normalized spacial score (nSPS) is 12.4. The van der Waals surface area contributed by atoms with Crippen molar-refractivity contribution in [1.82, 2.24) is 10.7 Å². The minimum atomic E-state index is -0.957. The molecule has 222 valence electrons. The molecule has 2 atom stereocenters. The van der Waals surface area contributed by atoms with Gasteiger partial charge in [0.05, 0.1) is 23.4 Å². The molecule has 0 aliphatic heterocycles. The lowest BCUT2D eigenvalue weighted by atomic mass is 10.1. The van der Waals surface area contributed by atoms with E-state index >= 15 is 0 Å². The van der Waals surface area contributed by atoms with E-state index in [1.165, 1.54) is 12.3 Å². The summed E-state index contributed by atoms with van der Waals surface area (Å²) in [5.74, 6) is -0.230. The third-order valence-corrected chi connectivity index (χ3v) is 6.69. The second kappa shape index (κ2) is 15.0. The number of carbonyl (C=O) groups is 3. The Hall–Kier alpha value is -4.60. The third kappa shape index (κ3) is 8.94. The molecule has 0 radical (unpaired) electrons. The summed E-state index contributed by atoms with van der Waals surface area (Å²) in [5, 5.41) is 7.45. The van der Waals surface area contributed by atoms with Crippen LogP contribution in [0.1, 0.15) is 35.5 Å². The lowest BCUT2D eigenvalue weighted by molar-refractivity contribution is -0.132. The summed E-state index contributed by atoms with van der Waals surface area (Å²) in [6, 6.07) is 23.2. The van der Waals surface area contributed by atoms with Crippen molar-refractivity contribution in [2.75, 3.05) is 6.61 Å². The molecule has 4 rings (SSSR count). The van der Waals surface area contributed by atoms with E-state index in [4.69, 9.17) is 37.1 Å². The predicted octanol–water partition coefficient (Wildman–Crippen LogP) is 6.08. The maximum atomic E-state index is 13.1. The highest BCUT2D eigenvalue weighted by molar-refractivity contribution is 6.35. The highest BCUT2D eigenvalue weighted by Crippen LogP contribution is 2.28. The van der Waals surface area contributed by atoms with Gasteiger partial charge in [0.15, 0.2) is 6.10 Å². The van der Waals surface area contributed by atoms with Crippen molar-refractivity contribution in [1.29, 1.82) is 0 Å². The summed E-state index contributed by atoms with van der Waals surface area (Å²) in [6.07, 6.45) is 0.611. The van der Waals surface area contributed by atoms with Gasteiger partial charge in [-0.25, -0.2) is 10.2 Å². The minimum Gasteiger partial charge on any atom is -0.479 e. The van der Waals surface area contributed by atoms with Gasteiger partial charge in [-0.1, -0.05) is 65.7 Å². The van der Waals surface area contributed by atoms with Crippen LogP contribution in [0.5, 0.6) is 5.75 Å². The van der Waals surface area contributed by atoms with Crippen molar-refractivity contribution in [2.24, 2.45) is 5.10 Å². The highest BCUT2D eigenvalue weighted by Gasteiger charge is 2.25. The van der Waals surface area contributed by atoms with Crippen molar-refractivity contribution >= 4 is 47.2 Å². The van der Waals surface area contributed by atoms with Crippen molar-refractivity contribution < 1.29 is 28.3 Å². The predicted molar refractivity (Wildman–Crippen MR) is 164 cm³/mol. The number of hydrogen-bond acceptors (Lipinski definition) is 7. The molecular weight excluding hydrogens is 593 g/mol. The van der Waals surface area contributed by atoms with Crippen LogP contribution < -0.4 is 15.5 Å². The molecule has 3 aromatic carbocycles. The Kier molecular flexibility index (Phi) is 11.0. The second-order valence-corrected chi connectivity index (χ2v) is 10.2. The maximum Gasteiger partial charge on any atom is 0.338 e. The van der Waals surface area contributed by atoms with Crippen LogP contribution in [-0.4, -0.2) is 42.8 Å². The van der Waals surface area contributed by atoms with Gasteiger partial charge in [-0.05, 0) is 61.9 Å². The molecule has 43 heavy (non-hydrogen) atoms. The van der Waals surface area contributed by atoms with Gasteiger partial charge in [0.1, 0.15) is 23.3 Å². The topological polar surface area (TPSA) is 119 Å². The fourth-order valence-corrected chi connectivity index (χ4v) is 4.42. The number of ether oxygens (including phenoxy) is 2. The zero-order chi connectivity index (χ0) is 30.8. The number of rotatable bonds is 12. The lowest BCUT2D eigenvalue weighted by Crippen LogP contribution is -2.50. The molecule has 0 aliphatic carbocycles. The molecule has 4 aromatic rings. The molecule has 9 nitrogen and oxygen atoms in total. The number of hydrazone groups is 1. The first kappa shape index (κ1) is 31.3. The van der Waals surface area contributed by atoms with Gasteiger partial charge < -0.3 is 19.2 Å². The van der Waals surface area contributed by atoms with Crippen LogP contribution >= 0.6 is 23.2 Å². The lowest BCUT2D eigenvalue weighted by Gasteiger charge is -2.21. The molecule has 2 amide bonds. The molecule has 0 spiro atoms. The van der Waals surface area contributed by atoms with Crippen LogP contribution in [-0.2, 0) is 20.7 Å². The van der Waals surface area contributed by atoms with Crippen molar-refractivity contribution in [3.05, 3.63) is 112 Å². The molecule has 2 N–H and O–H groups in total. The first-order valence-corrected chi connectivity index (χ1v) is 14.2. The molecule has 1 heterocycles. The molecular formula is C32H29Cl2N3O6. The summed E-state index contributed by atoms with van der Waals surface area (Å²) >= 11 is 12.1. The standard InChI is InChI=1S/C32H29Cl2N3O6/c1-3-41-32(40)23-11-9-22(10-12-23)28-16-14-25(43-28)19-35-37-31(39)27(17-21-7-5-4-6-8-21)36-30(38)20(2)42-29-15-13-24(33)18-26(29)34/h4-16,18-20,27H,3,17H2,1-2H3,(H,36,38)(H,37,39)/b35-19-/t20-,27+/m0/s1.